The number of nitrogens with one attached hydrogen (secondary N) is 2. The van der Waals surface area contributed by atoms with Crippen LogP contribution in [0.3, 0.4) is 0 Å². The second kappa shape index (κ2) is 11.9. The van der Waals surface area contributed by atoms with Gasteiger partial charge in [0.2, 0.25) is 5.91 Å². The summed E-state index contributed by atoms with van der Waals surface area (Å²) in [4.78, 5) is 44.5. The number of halogens is 1. The highest BCUT2D eigenvalue weighted by Crippen LogP contribution is 2.50. The second-order valence-corrected chi connectivity index (χ2v) is 14.0. The van der Waals surface area contributed by atoms with Crippen molar-refractivity contribution in [3.05, 3.63) is 100 Å². The van der Waals surface area contributed by atoms with Crippen LogP contribution in [0.4, 0.5) is 10.1 Å². The molecule has 0 spiro atoms. The largest absolute Gasteiger partial charge is 0.494 e. The molecular formula is C34H34FN3O7S. The summed E-state index contributed by atoms with van der Waals surface area (Å²) in [7, 11) is -2.47. The van der Waals surface area contributed by atoms with Gasteiger partial charge in [-0.25, -0.2) is 12.8 Å². The number of aromatic amines is 1. The predicted molar refractivity (Wildman–Crippen MR) is 170 cm³/mol. The number of carbonyl (C=O) groups is 2. The number of likely N-dealkylation sites (tertiary alicyclic amines) is 1. The van der Waals surface area contributed by atoms with Crippen molar-refractivity contribution in [3.63, 3.8) is 0 Å². The first-order valence-electron chi connectivity index (χ1n) is 15.1. The molecule has 1 aromatic heterocycles. The van der Waals surface area contributed by atoms with Gasteiger partial charge in [0.05, 0.1) is 28.7 Å². The summed E-state index contributed by atoms with van der Waals surface area (Å²) in [6, 6.07) is 16.0. The molecule has 12 heteroatoms. The van der Waals surface area contributed by atoms with E-state index in [0.29, 0.717) is 34.9 Å². The molecule has 2 aliphatic rings. The van der Waals surface area contributed by atoms with Gasteiger partial charge in [-0.05, 0) is 78.6 Å². The van der Waals surface area contributed by atoms with Gasteiger partial charge in [-0.15, -0.1) is 0 Å². The Kier molecular flexibility index (Phi) is 8.09. The molecule has 1 saturated carbocycles. The topological polar surface area (TPSA) is 146 Å². The van der Waals surface area contributed by atoms with Crippen molar-refractivity contribution in [1.29, 1.82) is 0 Å². The first kappa shape index (κ1) is 31.3. The Hall–Kier alpha value is -4.71. The van der Waals surface area contributed by atoms with Gasteiger partial charge in [0.15, 0.2) is 21.4 Å². The molecule has 1 aliphatic carbocycles. The number of methoxy groups -OCH3 is 1. The summed E-state index contributed by atoms with van der Waals surface area (Å²) in [5, 5.41) is 14.2. The van der Waals surface area contributed by atoms with Crippen LogP contribution in [0, 0.1) is 11.7 Å². The zero-order valence-corrected chi connectivity index (χ0v) is 26.1. The molecular weight excluding hydrogens is 613 g/mol. The number of sulfone groups is 1. The number of H-pyrrole nitrogens is 1. The number of hydrogen-bond donors (Lipinski definition) is 3. The maximum absolute atomic E-state index is 14.9. The van der Waals surface area contributed by atoms with Gasteiger partial charge in [-0.1, -0.05) is 37.3 Å². The molecule has 3 N–H and O–H groups in total. The van der Waals surface area contributed by atoms with Crippen LogP contribution >= 0.6 is 0 Å². The van der Waals surface area contributed by atoms with Crippen molar-refractivity contribution >= 4 is 38.2 Å². The van der Waals surface area contributed by atoms with E-state index in [4.69, 9.17) is 4.74 Å². The number of aliphatic carboxylic acids is 1. The van der Waals surface area contributed by atoms with Gasteiger partial charge in [-0.2, -0.15) is 0 Å². The van der Waals surface area contributed by atoms with Crippen molar-refractivity contribution in [3.8, 4) is 5.75 Å². The molecule has 3 atom stereocenters. The minimum atomic E-state index is -3.78. The van der Waals surface area contributed by atoms with Crippen LogP contribution < -0.4 is 15.6 Å². The third kappa shape index (κ3) is 5.20. The van der Waals surface area contributed by atoms with E-state index in [-0.39, 0.29) is 41.2 Å². The van der Waals surface area contributed by atoms with E-state index in [0.717, 1.165) is 0 Å². The predicted octanol–water partition coefficient (Wildman–Crippen LogP) is 5.00. The molecule has 0 unspecified atom stereocenters. The number of aromatic nitrogens is 1. The third-order valence-electron chi connectivity index (χ3n) is 9.27. The Bertz CT molecular complexity index is 2010. The zero-order chi connectivity index (χ0) is 32.8. The highest BCUT2D eigenvalue weighted by Gasteiger charge is 2.57. The fourth-order valence-electron chi connectivity index (χ4n) is 6.85. The van der Waals surface area contributed by atoms with E-state index < -0.39 is 50.3 Å². The standard InChI is InChI=1S/C34H34FN3O7S/c1-3-34(25-6-4-5-7-29(25)46(43,44)23-11-12-23)26(33(41)42)15-17-38(34)32(40)30(21-9-13-27(35)28(18-21)45-2)37-22-10-8-20-14-16-36-31(39)24(20)19-22/h4-10,13-14,16,18-19,23,26,30,37H,3,11-12,15,17H2,1-2H3,(H,36,39)(H,41,42)/t26-,30-,34+/m1/s1. The van der Waals surface area contributed by atoms with Gasteiger partial charge in [-0.3, -0.25) is 14.4 Å². The van der Waals surface area contributed by atoms with Crippen molar-refractivity contribution < 1.29 is 32.2 Å². The highest BCUT2D eigenvalue weighted by atomic mass is 32.2. The summed E-state index contributed by atoms with van der Waals surface area (Å²) in [5.41, 5.74) is -0.816. The highest BCUT2D eigenvalue weighted by molar-refractivity contribution is 7.92. The summed E-state index contributed by atoms with van der Waals surface area (Å²) >= 11 is 0. The van der Waals surface area contributed by atoms with Crippen molar-refractivity contribution in [2.24, 2.45) is 5.92 Å². The number of benzene rings is 3. The molecule has 0 bridgehead atoms. The molecule has 0 radical (unpaired) electrons. The van der Waals surface area contributed by atoms with Gasteiger partial charge in [0, 0.05) is 23.8 Å². The van der Waals surface area contributed by atoms with E-state index >= 15 is 0 Å². The number of ether oxygens (including phenoxy) is 1. The smallest absolute Gasteiger partial charge is 0.309 e. The summed E-state index contributed by atoms with van der Waals surface area (Å²) in [6.45, 7) is 1.79. The minimum Gasteiger partial charge on any atom is -0.494 e. The fraction of sp³-hybridized carbons (Fsp3) is 0.324. The van der Waals surface area contributed by atoms with Gasteiger partial charge >= 0.3 is 5.97 Å². The van der Waals surface area contributed by atoms with E-state index in [1.807, 2.05) is 0 Å². The molecule has 46 heavy (non-hydrogen) atoms. The quantitative estimate of drug-likeness (QED) is 0.218. The average molecular weight is 648 g/mol. The Morgan fingerprint density at radius 1 is 1.11 bits per heavy atom. The number of carboxylic acid groups (broad SMARTS) is 1. The lowest BCUT2D eigenvalue weighted by Gasteiger charge is -2.43. The van der Waals surface area contributed by atoms with Crippen molar-refractivity contribution in [2.75, 3.05) is 19.0 Å². The SMILES string of the molecule is CC[C@]1(c2ccccc2S(=O)(=O)C2CC2)[C@@H](C(=O)O)CCN1C(=O)[C@H](Nc1ccc2cc[nH]c(=O)c2c1)c1ccc(F)c(OC)c1. The average Bonchev–Trinajstić information content (AvgIpc) is 3.85. The van der Waals surface area contributed by atoms with Crippen LogP contribution in [-0.2, 0) is 25.0 Å². The van der Waals surface area contributed by atoms with Crippen LogP contribution in [0.15, 0.2) is 82.6 Å². The van der Waals surface area contributed by atoms with E-state index in [2.05, 4.69) is 10.3 Å². The van der Waals surface area contributed by atoms with Crippen molar-refractivity contribution in [1.82, 2.24) is 9.88 Å². The normalized spacial score (nSPS) is 20.4. The lowest BCUT2D eigenvalue weighted by molar-refractivity contribution is -0.148. The lowest BCUT2D eigenvalue weighted by atomic mass is 9.76. The Labute approximate surface area is 265 Å². The van der Waals surface area contributed by atoms with Gasteiger partial charge in [0.1, 0.15) is 6.04 Å². The van der Waals surface area contributed by atoms with E-state index in [9.17, 15) is 32.3 Å². The summed E-state index contributed by atoms with van der Waals surface area (Å²) < 4.78 is 47.1. The van der Waals surface area contributed by atoms with Gasteiger partial charge < -0.3 is 25.0 Å². The lowest BCUT2D eigenvalue weighted by Crippen LogP contribution is -2.52. The molecule has 4 aromatic rings. The molecule has 1 amide bonds. The minimum absolute atomic E-state index is 0.0343. The maximum atomic E-state index is 14.9. The molecule has 1 saturated heterocycles. The molecule has 1 aliphatic heterocycles. The summed E-state index contributed by atoms with van der Waals surface area (Å²) in [5.74, 6) is -3.51. The monoisotopic (exact) mass is 647 g/mol. The van der Waals surface area contributed by atoms with Crippen LogP contribution in [0.5, 0.6) is 5.75 Å². The number of nitrogens with zero attached hydrogens (tertiary/aromatic N) is 1. The number of anilines is 1. The number of hydrogen-bond acceptors (Lipinski definition) is 7. The second-order valence-electron chi connectivity index (χ2n) is 11.8. The number of carbonyl (C=O) groups excluding carboxylic acids is 1. The molecule has 10 nitrogen and oxygen atoms in total. The Morgan fingerprint density at radius 2 is 1.87 bits per heavy atom. The van der Waals surface area contributed by atoms with Crippen LogP contribution in [0.25, 0.3) is 10.8 Å². The first-order chi connectivity index (χ1) is 22.0. The third-order valence-corrected chi connectivity index (χ3v) is 11.6. The number of carboxylic acids is 1. The Balaban J connectivity index is 1.51. The molecule has 2 heterocycles. The molecule has 6 rings (SSSR count). The number of pyridine rings is 1. The van der Waals surface area contributed by atoms with Gasteiger partial charge in [0.25, 0.3) is 5.56 Å². The summed E-state index contributed by atoms with van der Waals surface area (Å²) in [6.07, 6.45) is 2.80. The number of rotatable bonds is 10. The first-order valence-corrected chi connectivity index (χ1v) is 16.7. The zero-order valence-electron chi connectivity index (χ0n) is 25.3. The Morgan fingerprint density at radius 3 is 2.57 bits per heavy atom. The molecule has 3 aromatic carbocycles. The fourth-order valence-corrected chi connectivity index (χ4v) is 8.78. The van der Waals surface area contributed by atoms with E-state index in [1.165, 1.54) is 42.5 Å². The number of amides is 1. The molecule has 2 fully saturated rings. The van der Waals surface area contributed by atoms with Crippen LogP contribution in [0.2, 0.25) is 0 Å². The van der Waals surface area contributed by atoms with Crippen molar-refractivity contribution in [2.45, 2.75) is 54.3 Å². The maximum Gasteiger partial charge on any atom is 0.309 e. The van der Waals surface area contributed by atoms with Crippen LogP contribution in [-0.4, -0.2) is 54.2 Å². The molecule has 240 valence electrons. The van der Waals surface area contributed by atoms with E-state index in [1.54, 1.807) is 49.4 Å². The number of fused-ring (bicyclic) bond motifs is 1. The van der Waals surface area contributed by atoms with Crippen LogP contribution in [0.1, 0.15) is 49.8 Å².